The third-order valence-electron chi connectivity index (χ3n) is 3.28. The lowest BCUT2D eigenvalue weighted by atomic mass is 10.0. The van der Waals surface area contributed by atoms with Gasteiger partial charge < -0.3 is 16.2 Å². The van der Waals surface area contributed by atoms with Crippen molar-refractivity contribution in [3.8, 4) is 0 Å². The Morgan fingerprint density at radius 1 is 1.29 bits per heavy atom. The minimum absolute atomic E-state index is 0.0144. The zero-order valence-electron chi connectivity index (χ0n) is 11.8. The Morgan fingerprint density at radius 3 is 2.52 bits per heavy atom. The number of pyridine rings is 1. The topological polar surface area (TPSA) is 105 Å². The Bertz CT molecular complexity index is 698. The van der Waals surface area contributed by atoms with Gasteiger partial charge >= 0.3 is 5.97 Å². The van der Waals surface area contributed by atoms with Crippen molar-refractivity contribution >= 4 is 28.5 Å². The van der Waals surface area contributed by atoms with Crippen LogP contribution in [0, 0.1) is 5.92 Å². The molecule has 110 valence electrons. The number of carbonyl (C=O) groups is 2. The predicted octanol–water partition coefficient (Wildman–Crippen LogP) is 1.85. The summed E-state index contributed by atoms with van der Waals surface area (Å²) in [5.74, 6) is -1.71. The SMILES string of the molecule is CC(C)C(Nc1c(C(=O)O)cnc2ccccc12)C(N)=O. The average molecular weight is 287 g/mol. The zero-order valence-corrected chi connectivity index (χ0v) is 11.8. The van der Waals surface area contributed by atoms with Crippen LogP contribution < -0.4 is 11.1 Å². The number of anilines is 1. The molecule has 0 saturated heterocycles. The van der Waals surface area contributed by atoms with Gasteiger partial charge in [-0.05, 0) is 12.0 Å². The third kappa shape index (κ3) is 2.94. The molecular weight excluding hydrogens is 270 g/mol. The van der Waals surface area contributed by atoms with Crippen LogP contribution in [0.25, 0.3) is 10.9 Å². The largest absolute Gasteiger partial charge is 0.478 e. The second kappa shape index (κ2) is 5.78. The van der Waals surface area contributed by atoms with Crippen LogP contribution in [-0.4, -0.2) is 28.0 Å². The lowest BCUT2D eigenvalue weighted by Crippen LogP contribution is -2.40. The average Bonchev–Trinajstić information content (AvgIpc) is 2.43. The monoisotopic (exact) mass is 287 g/mol. The van der Waals surface area contributed by atoms with Crippen molar-refractivity contribution in [2.75, 3.05) is 5.32 Å². The van der Waals surface area contributed by atoms with Crippen LogP contribution in [0.15, 0.2) is 30.5 Å². The fraction of sp³-hybridized carbons (Fsp3) is 0.267. The van der Waals surface area contributed by atoms with Crippen molar-refractivity contribution in [3.05, 3.63) is 36.0 Å². The van der Waals surface area contributed by atoms with Gasteiger partial charge in [0.15, 0.2) is 0 Å². The number of carboxylic acids is 1. The summed E-state index contributed by atoms with van der Waals surface area (Å²) >= 11 is 0. The van der Waals surface area contributed by atoms with E-state index >= 15 is 0 Å². The van der Waals surface area contributed by atoms with Crippen LogP contribution in [0.4, 0.5) is 5.69 Å². The number of para-hydroxylation sites is 1. The lowest BCUT2D eigenvalue weighted by molar-refractivity contribution is -0.119. The van der Waals surface area contributed by atoms with E-state index in [1.54, 1.807) is 18.2 Å². The molecule has 0 spiro atoms. The maximum Gasteiger partial charge on any atom is 0.339 e. The number of nitrogens with zero attached hydrogens (tertiary/aromatic N) is 1. The lowest BCUT2D eigenvalue weighted by Gasteiger charge is -2.22. The van der Waals surface area contributed by atoms with E-state index in [1.165, 1.54) is 6.20 Å². The van der Waals surface area contributed by atoms with E-state index in [-0.39, 0.29) is 11.5 Å². The molecule has 1 aromatic carbocycles. The Labute approximate surface area is 122 Å². The van der Waals surface area contributed by atoms with Gasteiger partial charge in [0.2, 0.25) is 5.91 Å². The molecule has 0 radical (unpaired) electrons. The van der Waals surface area contributed by atoms with E-state index in [9.17, 15) is 14.7 Å². The minimum Gasteiger partial charge on any atom is -0.478 e. The summed E-state index contributed by atoms with van der Waals surface area (Å²) in [5.41, 5.74) is 6.42. The Hall–Kier alpha value is -2.63. The van der Waals surface area contributed by atoms with Crippen molar-refractivity contribution in [3.63, 3.8) is 0 Å². The van der Waals surface area contributed by atoms with E-state index in [4.69, 9.17) is 5.73 Å². The number of rotatable bonds is 5. The van der Waals surface area contributed by atoms with Crippen molar-refractivity contribution in [1.29, 1.82) is 0 Å². The highest BCUT2D eigenvalue weighted by molar-refractivity contribution is 6.05. The maximum absolute atomic E-state index is 11.6. The molecule has 0 fully saturated rings. The van der Waals surface area contributed by atoms with Gasteiger partial charge in [0.25, 0.3) is 0 Å². The molecule has 1 aromatic heterocycles. The van der Waals surface area contributed by atoms with Crippen LogP contribution in [0.5, 0.6) is 0 Å². The first-order valence-electron chi connectivity index (χ1n) is 6.58. The van der Waals surface area contributed by atoms with Crippen LogP contribution in [0.1, 0.15) is 24.2 Å². The fourth-order valence-electron chi connectivity index (χ4n) is 2.18. The highest BCUT2D eigenvalue weighted by Crippen LogP contribution is 2.27. The smallest absolute Gasteiger partial charge is 0.339 e. The molecule has 1 atom stereocenters. The van der Waals surface area contributed by atoms with Gasteiger partial charge in [-0.1, -0.05) is 32.0 Å². The van der Waals surface area contributed by atoms with Gasteiger partial charge in [-0.25, -0.2) is 4.79 Å². The number of hydrogen-bond acceptors (Lipinski definition) is 4. The first-order chi connectivity index (χ1) is 9.91. The summed E-state index contributed by atoms with van der Waals surface area (Å²) in [5, 5.41) is 12.9. The minimum atomic E-state index is -1.11. The number of carboxylic acid groups (broad SMARTS) is 1. The molecule has 1 heterocycles. The highest BCUT2D eigenvalue weighted by atomic mass is 16.4. The van der Waals surface area contributed by atoms with E-state index in [2.05, 4.69) is 10.3 Å². The molecule has 0 saturated carbocycles. The first-order valence-corrected chi connectivity index (χ1v) is 6.58. The second-order valence-electron chi connectivity index (χ2n) is 5.14. The molecule has 0 aliphatic rings. The number of aromatic nitrogens is 1. The molecule has 4 N–H and O–H groups in total. The first kappa shape index (κ1) is 14.8. The Balaban J connectivity index is 2.61. The molecular formula is C15H17N3O3. The summed E-state index contributed by atoms with van der Waals surface area (Å²) < 4.78 is 0. The molecule has 1 unspecified atom stereocenters. The Kier molecular flexibility index (Phi) is 4.07. The van der Waals surface area contributed by atoms with E-state index < -0.39 is 17.9 Å². The number of benzene rings is 1. The van der Waals surface area contributed by atoms with Crippen molar-refractivity contribution < 1.29 is 14.7 Å². The summed E-state index contributed by atoms with van der Waals surface area (Å²) in [6, 6.07) is 6.48. The summed E-state index contributed by atoms with van der Waals surface area (Å²) in [6.45, 7) is 3.68. The standard InChI is InChI=1S/C15H17N3O3/c1-8(2)12(14(16)19)18-13-9-5-3-4-6-11(9)17-7-10(13)15(20)21/h3-8,12H,1-2H3,(H2,16,19)(H,17,18)(H,20,21). The van der Waals surface area contributed by atoms with E-state index in [1.807, 2.05) is 19.9 Å². The number of nitrogens with two attached hydrogens (primary N) is 1. The van der Waals surface area contributed by atoms with E-state index in [0.717, 1.165) is 0 Å². The number of aromatic carboxylic acids is 1. The van der Waals surface area contributed by atoms with Gasteiger partial charge in [0, 0.05) is 11.6 Å². The predicted molar refractivity (Wildman–Crippen MR) is 80.1 cm³/mol. The third-order valence-corrected chi connectivity index (χ3v) is 3.28. The van der Waals surface area contributed by atoms with E-state index in [0.29, 0.717) is 16.6 Å². The van der Waals surface area contributed by atoms with Crippen LogP contribution in [0.2, 0.25) is 0 Å². The summed E-state index contributed by atoms with van der Waals surface area (Å²) in [4.78, 5) is 27.1. The molecule has 0 bridgehead atoms. The molecule has 6 heteroatoms. The van der Waals surface area contributed by atoms with Gasteiger partial charge in [-0.15, -0.1) is 0 Å². The van der Waals surface area contributed by atoms with Gasteiger partial charge in [0.1, 0.15) is 11.6 Å². The molecule has 0 aliphatic carbocycles. The second-order valence-corrected chi connectivity index (χ2v) is 5.14. The highest BCUT2D eigenvalue weighted by Gasteiger charge is 2.23. The molecule has 2 rings (SSSR count). The van der Waals surface area contributed by atoms with Gasteiger partial charge in [-0.3, -0.25) is 9.78 Å². The maximum atomic E-state index is 11.6. The number of primary amides is 1. The molecule has 21 heavy (non-hydrogen) atoms. The zero-order chi connectivity index (χ0) is 15.6. The molecule has 6 nitrogen and oxygen atoms in total. The number of hydrogen-bond donors (Lipinski definition) is 3. The van der Waals surface area contributed by atoms with Crippen LogP contribution in [0.3, 0.4) is 0 Å². The van der Waals surface area contributed by atoms with Crippen molar-refractivity contribution in [1.82, 2.24) is 4.98 Å². The van der Waals surface area contributed by atoms with Gasteiger partial charge in [0.05, 0.1) is 11.2 Å². The van der Waals surface area contributed by atoms with Crippen LogP contribution in [-0.2, 0) is 4.79 Å². The molecule has 1 amide bonds. The van der Waals surface area contributed by atoms with Gasteiger partial charge in [-0.2, -0.15) is 0 Å². The quantitative estimate of drug-likeness (QED) is 0.778. The molecule has 2 aromatic rings. The van der Waals surface area contributed by atoms with Crippen LogP contribution >= 0.6 is 0 Å². The number of amides is 1. The number of carbonyl (C=O) groups excluding carboxylic acids is 1. The van der Waals surface area contributed by atoms with Crippen molar-refractivity contribution in [2.24, 2.45) is 11.7 Å². The molecule has 0 aliphatic heterocycles. The number of nitrogens with one attached hydrogen (secondary N) is 1. The summed E-state index contributed by atoms with van der Waals surface area (Å²) in [7, 11) is 0. The van der Waals surface area contributed by atoms with Crippen molar-refractivity contribution in [2.45, 2.75) is 19.9 Å². The number of fused-ring (bicyclic) bond motifs is 1. The summed E-state index contributed by atoms with van der Waals surface area (Å²) in [6.07, 6.45) is 1.28. The normalized spacial score (nSPS) is 12.3. The Morgan fingerprint density at radius 2 is 1.95 bits per heavy atom. The fourth-order valence-corrected chi connectivity index (χ4v) is 2.18.